The van der Waals surface area contributed by atoms with Crippen molar-refractivity contribution in [3.63, 3.8) is 0 Å². The van der Waals surface area contributed by atoms with Gasteiger partial charge in [0.2, 0.25) is 0 Å². The summed E-state index contributed by atoms with van der Waals surface area (Å²) in [7, 11) is 2.47. The summed E-state index contributed by atoms with van der Waals surface area (Å²) in [6, 6.07) is 1.91. The minimum atomic E-state index is -5.12. The Labute approximate surface area is 136 Å². The molecule has 0 unspecified atom stereocenters. The molecule has 0 radical (unpaired) electrons. The molecule has 0 heterocycles. The highest BCUT2D eigenvalue weighted by atomic mass is 19.4. The van der Waals surface area contributed by atoms with Gasteiger partial charge < -0.3 is 14.2 Å². The molecule has 6 nitrogen and oxygen atoms in total. The van der Waals surface area contributed by atoms with Gasteiger partial charge in [-0.15, -0.1) is 0 Å². The van der Waals surface area contributed by atoms with E-state index in [0.717, 1.165) is 12.1 Å². The van der Waals surface area contributed by atoms with E-state index in [1.54, 1.807) is 20.8 Å². The van der Waals surface area contributed by atoms with Crippen molar-refractivity contribution in [1.29, 1.82) is 0 Å². The number of carbonyl (C=O) groups is 2. The van der Waals surface area contributed by atoms with Gasteiger partial charge >= 0.3 is 12.3 Å². The topological polar surface area (TPSA) is 73.9 Å². The zero-order valence-corrected chi connectivity index (χ0v) is 13.8. The molecule has 0 saturated heterocycles. The average molecular weight is 349 g/mol. The molecule has 0 bridgehead atoms. The average Bonchev–Trinajstić information content (AvgIpc) is 2.42. The monoisotopic (exact) mass is 349 g/mol. The summed E-state index contributed by atoms with van der Waals surface area (Å²) < 4.78 is 53.2. The van der Waals surface area contributed by atoms with E-state index in [2.05, 4.69) is 5.32 Å². The molecule has 0 aromatic heterocycles. The van der Waals surface area contributed by atoms with Crippen molar-refractivity contribution in [2.45, 2.75) is 32.5 Å². The van der Waals surface area contributed by atoms with Gasteiger partial charge in [0.15, 0.2) is 11.5 Å². The zero-order chi connectivity index (χ0) is 18.7. The molecule has 1 N–H and O–H groups in total. The van der Waals surface area contributed by atoms with Crippen LogP contribution in [0.1, 0.15) is 31.1 Å². The quantitative estimate of drug-likeness (QED) is 0.837. The molecule has 134 valence electrons. The van der Waals surface area contributed by atoms with Crippen LogP contribution in [0.4, 0.5) is 23.7 Å². The number of nitrogens with one attached hydrogen (secondary N) is 1. The van der Waals surface area contributed by atoms with Gasteiger partial charge in [-0.2, -0.15) is 13.2 Å². The molecule has 0 saturated carbocycles. The summed E-state index contributed by atoms with van der Waals surface area (Å²) in [5.41, 5.74) is -2.05. The Morgan fingerprint density at radius 3 is 1.92 bits per heavy atom. The van der Waals surface area contributed by atoms with E-state index in [1.165, 1.54) is 14.2 Å². The molecular formula is C15H18F3NO5. The molecule has 0 aliphatic rings. The third-order valence-corrected chi connectivity index (χ3v) is 2.66. The maximum absolute atomic E-state index is 12.8. The molecule has 0 spiro atoms. The Morgan fingerprint density at radius 1 is 1.00 bits per heavy atom. The summed E-state index contributed by atoms with van der Waals surface area (Å²) in [4.78, 5) is 23.4. The third kappa shape index (κ3) is 5.04. The molecule has 1 aromatic carbocycles. The number of benzene rings is 1. The first-order valence-corrected chi connectivity index (χ1v) is 6.76. The summed E-state index contributed by atoms with van der Waals surface area (Å²) in [5, 5.41) is 2.13. The first-order chi connectivity index (χ1) is 10.9. The lowest BCUT2D eigenvalue weighted by Crippen LogP contribution is -2.29. The summed E-state index contributed by atoms with van der Waals surface area (Å²) in [6.07, 6.45) is -6.13. The second-order valence-corrected chi connectivity index (χ2v) is 5.71. The van der Waals surface area contributed by atoms with Crippen molar-refractivity contribution in [2.24, 2.45) is 0 Å². The number of methoxy groups -OCH3 is 2. The number of alkyl halides is 3. The van der Waals surface area contributed by atoms with Crippen LogP contribution in [0.2, 0.25) is 0 Å². The number of ketones is 1. The van der Waals surface area contributed by atoms with Gasteiger partial charge in [0, 0.05) is 6.07 Å². The van der Waals surface area contributed by atoms with Crippen molar-refractivity contribution in [2.75, 3.05) is 19.5 Å². The van der Waals surface area contributed by atoms with Gasteiger partial charge in [-0.25, -0.2) is 4.79 Å². The lowest BCUT2D eigenvalue weighted by Gasteiger charge is -2.21. The van der Waals surface area contributed by atoms with Crippen LogP contribution in [0.3, 0.4) is 0 Å². The van der Waals surface area contributed by atoms with Crippen LogP contribution in [0.5, 0.6) is 11.5 Å². The molecule has 0 aliphatic heterocycles. The van der Waals surface area contributed by atoms with Gasteiger partial charge in [-0.1, -0.05) is 0 Å². The number of hydrogen-bond donors (Lipinski definition) is 1. The molecule has 1 rings (SSSR count). The van der Waals surface area contributed by atoms with Crippen LogP contribution in [0, 0.1) is 0 Å². The number of rotatable bonds is 4. The summed E-state index contributed by atoms with van der Waals surface area (Å²) >= 11 is 0. The van der Waals surface area contributed by atoms with Gasteiger partial charge in [-0.05, 0) is 26.8 Å². The molecule has 9 heteroatoms. The van der Waals surface area contributed by atoms with Crippen molar-refractivity contribution in [1.82, 2.24) is 0 Å². The predicted molar refractivity (Wildman–Crippen MR) is 79.8 cm³/mol. The minimum Gasteiger partial charge on any atom is -0.493 e. The van der Waals surface area contributed by atoms with Crippen LogP contribution < -0.4 is 14.8 Å². The van der Waals surface area contributed by atoms with Gasteiger partial charge in [-0.3, -0.25) is 10.1 Å². The fraction of sp³-hybridized carbons (Fsp3) is 0.467. The van der Waals surface area contributed by atoms with E-state index in [-0.39, 0.29) is 11.5 Å². The number of anilines is 1. The molecule has 1 amide bonds. The van der Waals surface area contributed by atoms with Crippen LogP contribution in [0.15, 0.2) is 12.1 Å². The highest BCUT2D eigenvalue weighted by molar-refractivity contribution is 6.07. The fourth-order valence-electron chi connectivity index (χ4n) is 1.74. The Morgan fingerprint density at radius 2 is 1.50 bits per heavy atom. The standard InChI is InChI=1S/C15H18F3NO5/c1-14(2,3)24-13(21)19-9-7-11(23-5)10(22-4)6-8(9)12(20)15(16,17)18/h6-7H,1-5H3,(H,19,21). The zero-order valence-electron chi connectivity index (χ0n) is 13.8. The number of halogens is 3. The van der Waals surface area contributed by atoms with Gasteiger partial charge in [0.1, 0.15) is 5.60 Å². The van der Waals surface area contributed by atoms with E-state index < -0.39 is 34.9 Å². The van der Waals surface area contributed by atoms with Crippen LogP contribution in [-0.2, 0) is 4.74 Å². The Hall–Kier alpha value is -2.45. The van der Waals surface area contributed by atoms with E-state index in [9.17, 15) is 22.8 Å². The Bertz CT molecular complexity index is 635. The van der Waals surface area contributed by atoms with E-state index in [1.807, 2.05) is 0 Å². The molecule has 0 fully saturated rings. The lowest BCUT2D eigenvalue weighted by atomic mass is 10.1. The number of ether oxygens (including phenoxy) is 3. The molecule has 0 atom stereocenters. The van der Waals surface area contributed by atoms with Gasteiger partial charge in [0.05, 0.1) is 25.5 Å². The second kappa shape index (κ2) is 6.98. The third-order valence-electron chi connectivity index (χ3n) is 2.66. The summed E-state index contributed by atoms with van der Waals surface area (Å²) in [6.45, 7) is 4.76. The number of carbonyl (C=O) groups excluding carboxylic acids is 2. The number of hydrogen-bond acceptors (Lipinski definition) is 5. The SMILES string of the molecule is COc1cc(NC(=O)OC(C)(C)C)c(C(=O)C(F)(F)F)cc1OC. The van der Waals surface area contributed by atoms with Crippen molar-refractivity contribution in [3.05, 3.63) is 17.7 Å². The Balaban J connectivity index is 3.34. The highest BCUT2D eigenvalue weighted by Gasteiger charge is 2.41. The number of amides is 1. The molecule has 0 aliphatic carbocycles. The van der Waals surface area contributed by atoms with E-state index in [4.69, 9.17) is 14.2 Å². The van der Waals surface area contributed by atoms with Crippen molar-refractivity contribution >= 4 is 17.6 Å². The van der Waals surface area contributed by atoms with Crippen molar-refractivity contribution in [3.8, 4) is 11.5 Å². The number of Topliss-reactive ketones (excluding diaryl/α,β-unsaturated/α-hetero) is 1. The van der Waals surface area contributed by atoms with E-state index in [0.29, 0.717) is 0 Å². The lowest BCUT2D eigenvalue weighted by molar-refractivity contribution is -0.0884. The van der Waals surface area contributed by atoms with Crippen LogP contribution in [-0.4, -0.2) is 37.9 Å². The predicted octanol–water partition coefficient (Wildman–Crippen LogP) is 3.80. The minimum absolute atomic E-state index is 0.0438. The summed E-state index contributed by atoms with van der Waals surface area (Å²) in [5.74, 6) is -2.17. The second-order valence-electron chi connectivity index (χ2n) is 5.71. The van der Waals surface area contributed by atoms with E-state index >= 15 is 0 Å². The molecule has 24 heavy (non-hydrogen) atoms. The first kappa shape index (κ1) is 19.6. The molecule has 1 aromatic rings. The maximum atomic E-state index is 12.8. The van der Waals surface area contributed by atoms with Gasteiger partial charge in [0.25, 0.3) is 5.78 Å². The normalized spacial score (nSPS) is 11.7. The Kier molecular flexibility index (Phi) is 5.70. The van der Waals surface area contributed by atoms with Crippen LogP contribution in [0.25, 0.3) is 0 Å². The first-order valence-electron chi connectivity index (χ1n) is 6.76. The smallest absolute Gasteiger partial charge is 0.454 e. The maximum Gasteiger partial charge on any atom is 0.454 e. The highest BCUT2D eigenvalue weighted by Crippen LogP contribution is 2.36. The fourth-order valence-corrected chi connectivity index (χ4v) is 1.74. The molecular weight excluding hydrogens is 331 g/mol. The van der Waals surface area contributed by atoms with Crippen molar-refractivity contribution < 1.29 is 37.0 Å². The van der Waals surface area contributed by atoms with Crippen LogP contribution >= 0.6 is 0 Å². The largest absolute Gasteiger partial charge is 0.493 e.